The Balaban J connectivity index is 1.75. The van der Waals surface area contributed by atoms with Gasteiger partial charge in [-0.25, -0.2) is 15.1 Å². The second-order valence-electron chi connectivity index (χ2n) is 6.23. The third-order valence-electron chi connectivity index (χ3n) is 4.22. The third-order valence-corrected chi connectivity index (χ3v) is 4.22. The van der Waals surface area contributed by atoms with Gasteiger partial charge in [0.1, 0.15) is 5.75 Å². The minimum absolute atomic E-state index is 0.237. The summed E-state index contributed by atoms with van der Waals surface area (Å²) >= 11 is 0. The maximum absolute atomic E-state index is 12.7. The van der Waals surface area contributed by atoms with E-state index in [2.05, 4.69) is 15.8 Å². The van der Waals surface area contributed by atoms with Crippen molar-refractivity contribution in [2.45, 2.75) is 6.92 Å². The monoisotopic (exact) mass is 394 g/mol. The predicted molar refractivity (Wildman–Crippen MR) is 105 cm³/mol. The summed E-state index contributed by atoms with van der Waals surface area (Å²) in [7, 11) is 1.45. The number of amides is 5. The molecule has 5 amide bonds. The summed E-state index contributed by atoms with van der Waals surface area (Å²) < 4.78 is 5.09. The average molecular weight is 394 g/mol. The molecule has 0 aromatic heterocycles. The van der Waals surface area contributed by atoms with Crippen LogP contribution in [0, 0.1) is 12.8 Å². The molecule has 1 fully saturated rings. The van der Waals surface area contributed by atoms with Crippen LogP contribution in [-0.4, -0.2) is 37.1 Å². The van der Waals surface area contributed by atoms with E-state index >= 15 is 0 Å². The van der Waals surface area contributed by atoms with Gasteiger partial charge in [0.05, 0.1) is 12.8 Å². The van der Waals surface area contributed by atoms with Gasteiger partial charge in [-0.1, -0.05) is 23.8 Å². The lowest BCUT2D eigenvalue weighted by molar-refractivity contribution is -0.131. The minimum Gasteiger partial charge on any atom is -0.497 e. The zero-order valence-corrected chi connectivity index (χ0v) is 15.7. The molecule has 2 aromatic carbocycles. The summed E-state index contributed by atoms with van der Waals surface area (Å²) in [4.78, 5) is 49.9. The SMILES string of the molecule is COc1cccc(N2C(=O)NC(=O)[C@@H](/C=N\NC(=O)c3ccc(C)cc3)C2=O)c1. The maximum Gasteiger partial charge on any atom is 0.335 e. The molecule has 1 atom stereocenters. The van der Waals surface area contributed by atoms with Crippen molar-refractivity contribution in [3.05, 3.63) is 59.7 Å². The van der Waals surface area contributed by atoms with Gasteiger partial charge in [0.25, 0.3) is 11.8 Å². The van der Waals surface area contributed by atoms with E-state index in [0.29, 0.717) is 11.3 Å². The van der Waals surface area contributed by atoms with Crippen molar-refractivity contribution in [2.24, 2.45) is 11.0 Å². The van der Waals surface area contributed by atoms with E-state index < -0.39 is 29.7 Å². The summed E-state index contributed by atoms with van der Waals surface area (Å²) in [6.45, 7) is 1.89. The van der Waals surface area contributed by atoms with E-state index in [1.165, 1.54) is 19.2 Å². The molecule has 0 bridgehead atoms. The van der Waals surface area contributed by atoms with E-state index in [4.69, 9.17) is 4.74 Å². The molecule has 1 aliphatic rings. The van der Waals surface area contributed by atoms with Crippen molar-refractivity contribution in [3.63, 3.8) is 0 Å². The molecule has 3 rings (SSSR count). The number of hydrazone groups is 1. The zero-order chi connectivity index (χ0) is 21.0. The normalized spacial score (nSPS) is 16.7. The second kappa shape index (κ2) is 8.34. The molecule has 1 aliphatic heterocycles. The first-order valence-electron chi connectivity index (χ1n) is 8.63. The van der Waals surface area contributed by atoms with Gasteiger partial charge in [-0.3, -0.25) is 19.7 Å². The first-order chi connectivity index (χ1) is 13.9. The van der Waals surface area contributed by atoms with Crippen LogP contribution in [0.4, 0.5) is 10.5 Å². The van der Waals surface area contributed by atoms with Gasteiger partial charge in [0, 0.05) is 17.8 Å². The van der Waals surface area contributed by atoms with E-state index in [-0.39, 0.29) is 5.69 Å². The summed E-state index contributed by atoms with van der Waals surface area (Å²) in [5.41, 5.74) is 3.88. The molecular formula is C20H18N4O5. The summed E-state index contributed by atoms with van der Waals surface area (Å²) in [6, 6.07) is 12.2. The number of anilines is 1. The fraction of sp³-hybridized carbons (Fsp3) is 0.150. The highest BCUT2D eigenvalue weighted by Gasteiger charge is 2.40. The van der Waals surface area contributed by atoms with Gasteiger partial charge < -0.3 is 4.74 Å². The fourth-order valence-electron chi connectivity index (χ4n) is 2.66. The van der Waals surface area contributed by atoms with Gasteiger partial charge in [-0.15, -0.1) is 0 Å². The molecule has 9 heteroatoms. The Morgan fingerprint density at radius 2 is 1.90 bits per heavy atom. The molecule has 0 radical (unpaired) electrons. The van der Waals surface area contributed by atoms with Crippen molar-refractivity contribution in [1.29, 1.82) is 0 Å². The van der Waals surface area contributed by atoms with Crippen LogP contribution in [0.2, 0.25) is 0 Å². The number of imide groups is 2. The number of nitrogens with zero attached hydrogens (tertiary/aromatic N) is 2. The Labute approximate surface area is 166 Å². The van der Waals surface area contributed by atoms with Crippen molar-refractivity contribution >= 4 is 35.7 Å². The van der Waals surface area contributed by atoms with Crippen LogP contribution in [0.5, 0.6) is 5.75 Å². The molecule has 1 saturated heterocycles. The standard InChI is InChI=1S/C20H18N4O5/c1-12-6-8-13(9-7-12)17(25)23-21-11-16-18(26)22-20(28)24(19(16)27)14-4-3-5-15(10-14)29-2/h3-11,16H,1-2H3,(H,23,25)(H,22,26,28)/b21-11-/t16-/m1/s1. The van der Waals surface area contributed by atoms with Crippen LogP contribution in [0.1, 0.15) is 15.9 Å². The Bertz CT molecular complexity index is 1000. The average Bonchev–Trinajstić information content (AvgIpc) is 2.70. The number of rotatable bonds is 5. The van der Waals surface area contributed by atoms with Crippen molar-refractivity contribution in [2.75, 3.05) is 12.0 Å². The second-order valence-corrected chi connectivity index (χ2v) is 6.23. The number of aryl methyl sites for hydroxylation is 1. The Morgan fingerprint density at radius 3 is 2.59 bits per heavy atom. The van der Waals surface area contributed by atoms with E-state index in [1.807, 2.05) is 6.92 Å². The molecular weight excluding hydrogens is 376 g/mol. The van der Waals surface area contributed by atoms with Crippen molar-refractivity contribution in [3.8, 4) is 5.75 Å². The largest absolute Gasteiger partial charge is 0.497 e. The molecule has 29 heavy (non-hydrogen) atoms. The molecule has 0 unspecified atom stereocenters. The zero-order valence-electron chi connectivity index (χ0n) is 15.7. The number of barbiturate groups is 1. The lowest BCUT2D eigenvalue weighted by atomic mass is 10.1. The number of methoxy groups -OCH3 is 1. The van der Waals surface area contributed by atoms with Gasteiger partial charge in [-0.2, -0.15) is 5.10 Å². The molecule has 148 valence electrons. The number of hydrogen-bond donors (Lipinski definition) is 2. The van der Waals surface area contributed by atoms with Crippen LogP contribution in [-0.2, 0) is 9.59 Å². The number of urea groups is 1. The quantitative estimate of drug-likeness (QED) is 0.454. The third kappa shape index (κ3) is 4.29. The van der Waals surface area contributed by atoms with Gasteiger partial charge in [0.2, 0.25) is 5.91 Å². The molecule has 2 N–H and O–H groups in total. The lowest BCUT2D eigenvalue weighted by Gasteiger charge is -2.28. The molecule has 0 spiro atoms. The van der Waals surface area contributed by atoms with Gasteiger partial charge in [0.15, 0.2) is 5.92 Å². The van der Waals surface area contributed by atoms with Crippen LogP contribution in [0.25, 0.3) is 0 Å². The summed E-state index contributed by atoms with van der Waals surface area (Å²) in [5.74, 6) is -3.05. The Hall–Kier alpha value is -4.01. The van der Waals surface area contributed by atoms with Gasteiger partial charge in [-0.05, 0) is 31.2 Å². The van der Waals surface area contributed by atoms with Crippen molar-refractivity contribution < 1.29 is 23.9 Å². The number of carbonyl (C=O) groups is 4. The van der Waals surface area contributed by atoms with E-state index in [0.717, 1.165) is 16.7 Å². The van der Waals surface area contributed by atoms with Crippen LogP contribution >= 0.6 is 0 Å². The van der Waals surface area contributed by atoms with Crippen LogP contribution < -0.4 is 20.4 Å². The number of benzene rings is 2. The number of carbonyl (C=O) groups excluding carboxylic acids is 4. The molecule has 0 aliphatic carbocycles. The highest BCUT2D eigenvalue weighted by atomic mass is 16.5. The Morgan fingerprint density at radius 1 is 1.17 bits per heavy atom. The smallest absolute Gasteiger partial charge is 0.335 e. The van der Waals surface area contributed by atoms with Crippen LogP contribution in [0.3, 0.4) is 0 Å². The summed E-state index contributed by atoms with van der Waals surface area (Å²) in [6.07, 6.45) is 0.989. The van der Waals surface area contributed by atoms with E-state index in [9.17, 15) is 19.2 Å². The summed E-state index contributed by atoms with van der Waals surface area (Å²) in [5, 5.41) is 5.82. The molecule has 1 heterocycles. The number of nitrogens with one attached hydrogen (secondary N) is 2. The van der Waals surface area contributed by atoms with Gasteiger partial charge >= 0.3 is 6.03 Å². The highest BCUT2D eigenvalue weighted by Crippen LogP contribution is 2.24. The molecule has 0 saturated carbocycles. The molecule has 9 nitrogen and oxygen atoms in total. The van der Waals surface area contributed by atoms with E-state index in [1.54, 1.807) is 36.4 Å². The topological polar surface area (TPSA) is 117 Å². The Kier molecular flexibility index (Phi) is 5.68. The number of ether oxygens (including phenoxy) is 1. The maximum atomic E-state index is 12.7. The van der Waals surface area contributed by atoms with Crippen LogP contribution in [0.15, 0.2) is 53.6 Å². The predicted octanol–water partition coefficient (Wildman–Crippen LogP) is 1.62. The highest BCUT2D eigenvalue weighted by molar-refractivity contribution is 6.32. The lowest BCUT2D eigenvalue weighted by Crippen LogP contribution is -2.58. The first kappa shape index (κ1) is 19.7. The number of hydrogen-bond acceptors (Lipinski definition) is 6. The van der Waals surface area contributed by atoms with Crippen molar-refractivity contribution in [1.82, 2.24) is 10.7 Å². The minimum atomic E-state index is -1.38. The first-order valence-corrected chi connectivity index (χ1v) is 8.63. The molecule has 2 aromatic rings. The fourth-order valence-corrected chi connectivity index (χ4v) is 2.66.